The van der Waals surface area contributed by atoms with Crippen LogP contribution in [0, 0.1) is 12.7 Å². The van der Waals surface area contributed by atoms with Crippen molar-refractivity contribution in [1.82, 2.24) is 4.73 Å². The highest BCUT2D eigenvalue weighted by molar-refractivity contribution is 6.01. The van der Waals surface area contributed by atoms with Gasteiger partial charge in [0.15, 0.2) is 0 Å². The lowest BCUT2D eigenvalue weighted by molar-refractivity contribution is 0.127. The van der Waals surface area contributed by atoms with Crippen molar-refractivity contribution in [1.29, 1.82) is 0 Å². The summed E-state index contributed by atoms with van der Waals surface area (Å²) in [5, 5.41) is 23.0. The summed E-state index contributed by atoms with van der Waals surface area (Å²) < 4.78 is 13.5. The van der Waals surface area contributed by atoms with Crippen LogP contribution in [0.25, 0.3) is 0 Å². The second-order valence-corrected chi connectivity index (χ2v) is 4.72. The van der Waals surface area contributed by atoms with Gasteiger partial charge in [-0.25, -0.2) is 4.39 Å². The molecule has 2 aromatic rings. The number of hydrogen-bond acceptors (Lipinski definition) is 5. The van der Waals surface area contributed by atoms with Crippen molar-refractivity contribution in [3.8, 4) is 5.88 Å². The average Bonchev–Trinajstić information content (AvgIpc) is 2.47. The number of benzene rings is 1. The Labute approximate surface area is 125 Å². The third-order valence-corrected chi connectivity index (χ3v) is 3.11. The number of rotatable bonds is 4. The summed E-state index contributed by atoms with van der Waals surface area (Å²) in [5.41, 5.74) is 0.444. The zero-order chi connectivity index (χ0) is 16.3. The highest BCUT2D eigenvalue weighted by Crippen LogP contribution is 2.19. The fraction of sp³-hybridized carbons (Fsp3) is 0.200. The lowest BCUT2D eigenvalue weighted by Crippen LogP contribution is -2.20. The van der Waals surface area contributed by atoms with Crippen molar-refractivity contribution < 1.29 is 19.5 Å². The Morgan fingerprint density at radius 2 is 2.09 bits per heavy atom. The molecule has 7 heteroatoms. The predicted molar refractivity (Wildman–Crippen MR) is 77.7 cm³/mol. The number of halogens is 1. The summed E-state index contributed by atoms with van der Waals surface area (Å²) in [6.07, 6.45) is 0. The van der Waals surface area contributed by atoms with Crippen LogP contribution in [0.15, 0.2) is 40.3 Å². The standard InChI is InChI=1S/C15H15FN2O4/c1-9-7-13(19)18(21)15(20)14(9)10(2)17-22-8-11-5-3-4-6-12(11)16/h3-7,20-21H,8H2,1-2H3. The van der Waals surface area contributed by atoms with Gasteiger partial charge >= 0.3 is 0 Å². The smallest absolute Gasteiger partial charge is 0.286 e. The maximum absolute atomic E-state index is 13.4. The summed E-state index contributed by atoms with van der Waals surface area (Å²) in [5.74, 6) is -1.03. The van der Waals surface area contributed by atoms with E-state index in [1.54, 1.807) is 25.1 Å². The molecule has 0 radical (unpaired) electrons. The largest absolute Gasteiger partial charge is 0.492 e. The minimum Gasteiger partial charge on any atom is -0.492 e. The van der Waals surface area contributed by atoms with E-state index in [0.29, 0.717) is 11.1 Å². The Morgan fingerprint density at radius 1 is 1.41 bits per heavy atom. The van der Waals surface area contributed by atoms with Crippen LogP contribution < -0.4 is 5.56 Å². The number of hydrogen-bond donors (Lipinski definition) is 2. The molecule has 6 nitrogen and oxygen atoms in total. The van der Waals surface area contributed by atoms with Gasteiger partial charge in [-0.3, -0.25) is 4.79 Å². The fourth-order valence-corrected chi connectivity index (χ4v) is 2.01. The summed E-state index contributed by atoms with van der Waals surface area (Å²) in [4.78, 5) is 16.4. The molecular formula is C15H15FN2O4. The molecule has 1 heterocycles. The van der Waals surface area contributed by atoms with Crippen LogP contribution in [0.1, 0.15) is 23.6 Å². The first-order valence-electron chi connectivity index (χ1n) is 6.47. The summed E-state index contributed by atoms with van der Waals surface area (Å²) in [6.45, 7) is 3.04. The van der Waals surface area contributed by atoms with Crippen molar-refractivity contribution in [2.24, 2.45) is 5.16 Å². The van der Waals surface area contributed by atoms with E-state index in [4.69, 9.17) is 4.84 Å². The molecule has 22 heavy (non-hydrogen) atoms. The van der Waals surface area contributed by atoms with E-state index in [1.807, 2.05) is 0 Å². The van der Waals surface area contributed by atoms with Gasteiger partial charge in [0.05, 0.1) is 11.3 Å². The zero-order valence-electron chi connectivity index (χ0n) is 12.1. The number of aryl methyl sites for hydroxylation is 1. The second kappa shape index (κ2) is 6.30. The Morgan fingerprint density at radius 3 is 2.77 bits per heavy atom. The molecule has 1 aromatic carbocycles. The molecule has 2 N–H and O–H groups in total. The Bertz CT molecular complexity index is 784. The minimum absolute atomic E-state index is 0.0808. The number of oxime groups is 1. The van der Waals surface area contributed by atoms with Crippen molar-refractivity contribution in [2.45, 2.75) is 20.5 Å². The van der Waals surface area contributed by atoms with Crippen LogP contribution in [-0.2, 0) is 11.4 Å². The second-order valence-electron chi connectivity index (χ2n) is 4.72. The first kappa shape index (κ1) is 15.6. The molecule has 0 saturated carbocycles. The zero-order valence-corrected chi connectivity index (χ0v) is 12.1. The molecule has 0 amide bonds. The van der Waals surface area contributed by atoms with Crippen molar-refractivity contribution in [3.05, 3.63) is 63.2 Å². The molecule has 116 valence electrons. The molecule has 0 spiro atoms. The van der Waals surface area contributed by atoms with Gasteiger partial charge < -0.3 is 15.2 Å². The van der Waals surface area contributed by atoms with E-state index >= 15 is 0 Å². The quantitative estimate of drug-likeness (QED) is 0.515. The first-order chi connectivity index (χ1) is 10.4. The number of pyridine rings is 1. The maximum Gasteiger partial charge on any atom is 0.286 e. The Kier molecular flexibility index (Phi) is 4.45. The summed E-state index contributed by atoms with van der Waals surface area (Å²) >= 11 is 0. The van der Waals surface area contributed by atoms with Crippen LogP contribution in [0.4, 0.5) is 4.39 Å². The molecule has 0 aliphatic heterocycles. The average molecular weight is 306 g/mol. The molecular weight excluding hydrogens is 291 g/mol. The highest BCUT2D eigenvalue weighted by Gasteiger charge is 2.15. The summed E-state index contributed by atoms with van der Waals surface area (Å²) in [6, 6.07) is 7.28. The minimum atomic E-state index is -0.751. The maximum atomic E-state index is 13.4. The lowest BCUT2D eigenvalue weighted by atomic mass is 10.1. The van der Waals surface area contributed by atoms with Crippen LogP contribution in [-0.4, -0.2) is 20.8 Å². The van der Waals surface area contributed by atoms with Gasteiger partial charge in [0.1, 0.15) is 12.4 Å². The molecule has 0 aliphatic carbocycles. The molecule has 0 atom stereocenters. The van der Waals surface area contributed by atoms with Gasteiger partial charge in [-0.1, -0.05) is 23.4 Å². The van der Waals surface area contributed by atoms with Gasteiger partial charge in [0.2, 0.25) is 5.88 Å². The van der Waals surface area contributed by atoms with Crippen LogP contribution in [0.2, 0.25) is 0 Å². The van der Waals surface area contributed by atoms with Crippen molar-refractivity contribution >= 4 is 5.71 Å². The van der Waals surface area contributed by atoms with Gasteiger partial charge in [0, 0.05) is 11.6 Å². The molecule has 0 unspecified atom stereocenters. The number of nitrogens with zero attached hydrogens (tertiary/aromatic N) is 2. The Balaban J connectivity index is 2.22. The molecule has 0 saturated heterocycles. The topological polar surface area (TPSA) is 84.0 Å². The predicted octanol–water partition coefficient (Wildman–Crippen LogP) is 2.18. The van der Waals surface area contributed by atoms with Gasteiger partial charge in [-0.15, -0.1) is 4.73 Å². The van der Waals surface area contributed by atoms with E-state index < -0.39 is 17.3 Å². The van der Waals surface area contributed by atoms with Crippen molar-refractivity contribution in [3.63, 3.8) is 0 Å². The van der Waals surface area contributed by atoms with Crippen LogP contribution >= 0.6 is 0 Å². The van der Waals surface area contributed by atoms with E-state index in [9.17, 15) is 19.5 Å². The molecule has 2 rings (SSSR count). The van der Waals surface area contributed by atoms with E-state index in [2.05, 4.69) is 5.16 Å². The number of aromatic hydroxyl groups is 1. The molecule has 1 aromatic heterocycles. The van der Waals surface area contributed by atoms with Gasteiger partial charge in [-0.2, -0.15) is 0 Å². The SMILES string of the molecule is CC(=NOCc1ccccc1F)c1c(C)cc(=O)n(O)c1O. The molecule has 0 fully saturated rings. The Hall–Kier alpha value is -2.83. The van der Waals surface area contributed by atoms with Gasteiger partial charge in [-0.05, 0) is 25.5 Å². The van der Waals surface area contributed by atoms with Gasteiger partial charge in [0.25, 0.3) is 5.56 Å². The van der Waals surface area contributed by atoms with Crippen molar-refractivity contribution in [2.75, 3.05) is 0 Å². The van der Waals surface area contributed by atoms with Crippen LogP contribution in [0.3, 0.4) is 0 Å². The molecule has 0 bridgehead atoms. The first-order valence-corrected chi connectivity index (χ1v) is 6.47. The monoisotopic (exact) mass is 306 g/mol. The fourth-order valence-electron chi connectivity index (χ4n) is 2.01. The van der Waals surface area contributed by atoms with E-state index in [0.717, 1.165) is 6.07 Å². The number of aromatic nitrogens is 1. The highest BCUT2D eigenvalue weighted by atomic mass is 19.1. The third-order valence-electron chi connectivity index (χ3n) is 3.11. The molecule has 0 aliphatic rings. The van der Waals surface area contributed by atoms with E-state index in [-0.39, 0.29) is 22.6 Å². The van der Waals surface area contributed by atoms with Crippen LogP contribution in [0.5, 0.6) is 5.88 Å². The van der Waals surface area contributed by atoms with E-state index in [1.165, 1.54) is 13.0 Å². The lowest BCUT2D eigenvalue weighted by Gasteiger charge is -2.10. The summed E-state index contributed by atoms with van der Waals surface area (Å²) in [7, 11) is 0. The normalized spacial score (nSPS) is 11.5. The third kappa shape index (κ3) is 3.08.